The van der Waals surface area contributed by atoms with E-state index in [4.69, 9.17) is 19.9 Å². The molecular weight excluding hydrogens is 434 g/mol. The predicted molar refractivity (Wildman–Crippen MR) is 131 cm³/mol. The van der Waals surface area contributed by atoms with Crippen molar-refractivity contribution < 1.29 is 24.5 Å². The number of carbonyl (C=O) groups is 2. The number of methoxy groups -OCH3 is 1. The maximum absolute atomic E-state index is 9.55. The number of rotatable bonds is 6. The Labute approximate surface area is 199 Å². The van der Waals surface area contributed by atoms with E-state index >= 15 is 0 Å². The summed E-state index contributed by atoms with van der Waals surface area (Å²) in [6.45, 7) is 5.61. The van der Waals surface area contributed by atoms with E-state index in [1.165, 1.54) is 16.7 Å². The number of hydrogen-bond acceptors (Lipinski definition) is 6. The van der Waals surface area contributed by atoms with E-state index in [1.54, 1.807) is 7.11 Å². The molecular formula is C26H31N3O5. The van der Waals surface area contributed by atoms with Crippen molar-refractivity contribution in [3.05, 3.63) is 77.4 Å². The normalized spacial score (nSPS) is 18.4. The second-order valence-corrected chi connectivity index (χ2v) is 8.34. The molecule has 0 bridgehead atoms. The Bertz CT molecular complexity index is 1030. The van der Waals surface area contributed by atoms with Crippen molar-refractivity contribution in [3.63, 3.8) is 0 Å². The lowest BCUT2D eigenvalue weighted by Gasteiger charge is -2.35. The van der Waals surface area contributed by atoms with Gasteiger partial charge in [0, 0.05) is 56.0 Å². The van der Waals surface area contributed by atoms with Gasteiger partial charge in [0.2, 0.25) is 0 Å². The number of benzene rings is 2. The Balaban J connectivity index is 0.000000350. The first kappa shape index (κ1) is 25.1. The van der Waals surface area contributed by atoms with Gasteiger partial charge in [-0.05, 0) is 31.2 Å². The van der Waals surface area contributed by atoms with Gasteiger partial charge >= 0.3 is 11.9 Å². The van der Waals surface area contributed by atoms with Crippen LogP contribution in [0.25, 0.3) is 0 Å². The molecule has 1 saturated heterocycles. The van der Waals surface area contributed by atoms with Crippen molar-refractivity contribution in [3.8, 4) is 5.75 Å². The molecule has 0 amide bonds. The Morgan fingerprint density at radius 3 is 2.26 bits per heavy atom. The van der Waals surface area contributed by atoms with Crippen LogP contribution in [0.3, 0.4) is 0 Å². The smallest absolute Gasteiger partial charge is 0.328 e. The standard InChI is InChI=1S/C22H27N3O.C4H4O4/c1-24-10-12-25(13-11-24)16-19-14-18-8-9-20(26-2)15-21(18)22(23-19)17-6-4-3-5-7-17;5-3(6)1-2-4(7)8/h3-9,15,19H,10-14,16H2,1-2H3;1-2H,(H,5,6)(H,7,8)/b;2-1-. The van der Waals surface area contributed by atoms with Crippen LogP contribution in [-0.2, 0) is 16.0 Å². The molecule has 0 aliphatic carbocycles. The van der Waals surface area contributed by atoms with Crippen LogP contribution in [0.15, 0.2) is 65.7 Å². The summed E-state index contributed by atoms with van der Waals surface area (Å²) in [4.78, 5) is 29.3. The minimum atomic E-state index is -1.26. The van der Waals surface area contributed by atoms with Crippen molar-refractivity contribution in [2.24, 2.45) is 4.99 Å². The van der Waals surface area contributed by atoms with E-state index in [2.05, 4.69) is 65.4 Å². The zero-order valence-electron chi connectivity index (χ0n) is 19.6. The molecule has 8 nitrogen and oxygen atoms in total. The zero-order valence-corrected chi connectivity index (χ0v) is 19.6. The van der Waals surface area contributed by atoms with E-state index in [0.717, 1.165) is 50.6 Å². The highest BCUT2D eigenvalue weighted by Crippen LogP contribution is 2.27. The third kappa shape index (κ3) is 7.26. The van der Waals surface area contributed by atoms with Crippen LogP contribution in [0, 0.1) is 0 Å². The van der Waals surface area contributed by atoms with Gasteiger partial charge in [0.05, 0.1) is 18.9 Å². The number of carboxylic acid groups (broad SMARTS) is 2. The average Bonchev–Trinajstić information content (AvgIpc) is 2.84. The first-order chi connectivity index (χ1) is 16.4. The lowest BCUT2D eigenvalue weighted by Crippen LogP contribution is -2.47. The van der Waals surface area contributed by atoms with Crippen molar-refractivity contribution in [2.45, 2.75) is 12.5 Å². The Morgan fingerprint density at radius 2 is 1.68 bits per heavy atom. The summed E-state index contributed by atoms with van der Waals surface area (Å²) < 4.78 is 5.45. The number of carboxylic acids is 2. The molecule has 2 heterocycles. The fourth-order valence-electron chi connectivity index (χ4n) is 4.04. The molecule has 0 aromatic heterocycles. The number of aliphatic imine (C=N–C) groups is 1. The molecule has 2 aromatic carbocycles. The molecule has 34 heavy (non-hydrogen) atoms. The fraction of sp³-hybridized carbons (Fsp3) is 0.346. The molecule has 2 aromatic rings. The molecule has 2 N–H and O–H groups in total. The van der Waals surface area contributed by atoms with Crippen molar-refractivity contribution in [1.82, 2.24) is 9.80 Å². The van der Waals surface area contributed by atoms with Gasteiger partial charge in [-0.25, -0.2) is 9.59 Å². The number of nitrogens with zero attached hydrogens (tertiary/aromatic N) is 3. The van der Waals surface area contributed by atoms with Gasteiger partial charge in [0.25, 0.3) is 0 Å². The summed E-state index contributed by atoms with van der Waals surface area (Å²) in [6, 6.07) is 17.3. The summed E-state index contributed by atoms with van der Waals surface area (Å²) >= 11 is 0. The highest BCUT2D eigenvalue weighted by molar-refractivity contribution is 6.14. The van der Waals surface area contributed by atoms with Gasteiger partial charge in [-0.3, -0.25) is 9.89 Å². The van der Waals surface area contributed by atoms with Crippen LogP contribution in [-0.4, -0.2) is 90.6 Å². The molecule has 0 spiro atoms. The van der Waals surface area contributed by atoms with Gasteiger partial charge in [0.15, 0.2) is 0 Å². The Morgan fingerprint density at radius 1 is 1.03 bits per heavy atom. The third-order valence-electron chi connectivity index (χ3n) is 5.82. The molecule has 1 unspecified atom stereocenters. The summed E-state index contributed by atoms with van der Waals surface area (Å²) in [5.74, 6) is -1.62. The molecule has 0 radical (unpaired) electrons. The topological polar surface area (TPSA) is 103 Å². The largest absolute Gasteiger partial charge is 0.497 e. The SMILES string of the molecule is COc1ccc2c(c1)C(c1ccccc1)=NC(CN1CCN(C)CC1)C2.O=C(O)/C=C\C(=O)O. The van der Waals surface area contributed by atoms with E-state index in [-0.39, 0.29) is 0 Å². The minimum Gasteiger partial charge on any atom is -0.497 e. The predicted octanol–water partition coefficient (Wildman–Crippen LogP) is 2.42. The third-order valence-corrected chi connectivity index (χ3v) is 5.82. The van der Waals surface area contributed by atoms with Crippen LogP contribution in [0.2, 0.25) is 0 Å². The second-order valence-electron chi connectivity index (χ2n) is 8.34. The van der Waals surface area contributed by atoms with E-state index in [1.807, 2.05) is 0 Å². The van der Waals surface area contributed by atoms with Crippen molar-refractivity contribution >= 4 is 17.7 Å². The molecule has 0 saturated carbocycles. The van der Waals surface area contributed by atoms with Gasteiger partial charge in [-0.15, -0.1) is 0 Å². The maximum atomic E-state index is 9.55. The van der Waals surface area contributed by atoms with E-state index < -0.39 is 11.9 Å². The molecule has 2 aliphatic heterocycles. The van der Waals surface area contributed by atoms with E-state index in [9.17, 15) is 9.59 Å². The number of aliphatic carboxylic acids is 2. The van der Waals surface area contributed by atoms with Crippen molar-refractivity contribution in [2.75, 3.05) is 46.9 Å². The van der Waals surface area contributed by atoms with E-state index in [0.29, 0.717) is 18.2 Å². The van der Waals surface area contributed by atoms with Crippen LogP contribution >= 0.6 is 0 Å². The quantitative estimate of drug-likeness (QED) is 0.632. The van der Waals surface area contributed by atoms with Crippen LogP contribution in [0.1, 0.15) is 16.7 Å². The lowest BCUT2D eigenvalue weighted by molar-refractivity contribution is -0.134. The molecule has 1 atom stereocenters. The van der Waals surface area contributed by atoms with Crippen LogP contribution in [0.5, 0.6) is 5.75 Å². The second kappa shape index (κ2) is 12.1. The highest BCUT2D eigenvalue weighted by Gasteiger charge is 2.25. The summed E-state index contributed by atoms with van der Waals surface area (Å²) in [5, 5.41) is 15.6. The van der Waals surface area contributed by atoms with Gasteiger partial charge in [-0.2, -0.15) is 0 Å². The highest BCUT2D eigenvalue weighted by atomic mass is 16.5. The van der Waals surface area contributed by atoms with Gasteiger partial charge in [0.1, 0.15) is 5.75 Å². The zero-order chi connectivity index (χ0) is 24.5. The first-order valence-electron chi connectivity index (χ1n) is 11.2. The van der Waals surface area contributed by atoms with Crippen LogP contribution in [0.4, 0.5) is 0 Å². The average molecular weight is 466 g/mol. The summed E-state index contributed by atoms with van der Waals surface area (Å²) in [7, 11) is 3.92. The number of fused-ring (bicyclic) bond motifs is 1. The van der Waals surface area contributed by atoms with Gasteiger partial charge < -0.3 is 19.8 Å². The Kier molecular flexibility index (Phi) is 8.95. The minimum absolute atomic E-state index is 0.314. The first-order valence-corrected chi connectivity index (χ1v) is 11.2. The monoisotopic (exact) mass is 465 g/mol. The number of likely N-dealkylation sites (N-methyl/N-ethyl adjacent to an activating group) is 1. The molecule has 2 aliphatic rings. The number of ether oxygens (including phenoxy) is 1. The number of piperazine rings is 1. The Hall–Kier alpha value is -3.49. The maximum Gasteiger partial charge on any atom is 0.328 e. The number of hydrogen-bond donors (Lipinski definition) is 2. The fourth-order valence-corrected chi connectivity index (χ4v) is 4.04. The van der Waals surface area contributed by atoms with Crippen molar-refractivity contribution in [1.29, 1.82) is 0 Å². The van der Waals surface area contributed by atoms with Crippen LogP contribution < -0.4 is 4.74 Å². The summed E-state index contributed by atoms with van der Waals surface area (Å²) in [5.41, 5.74) is 4.87. The lowest BCUT2D eigenvalue weighted by atomic mass is 9.90. The van der Waals surface area contributed by atoms with Gasteiger partial charge in [-0.1, -0.05) is 36.4 Å². The molecule has 1 fully saturated rings. The summed E-state index contributed by atoms with van der Waals surface area (Å²) in [6.07, 6.45) is 2.12. The molecule has 180 valence electrons. The molecule has 4 rings (SSSR count). The molecule has 8 heteroatoms.